The van der Waals surface area contributed by atoms with Gasteiger partial charge in [-0.05, 0) is 33.3 Å². The van der Waals surface area contributed by atoms with E-state index in [1.165, 1.54) is 4.31 Å². The Bertz CT molecular complexity index is 805. The second kappa shape index (κ2) is 4.82. The van der Waals surface area contributed by atoms with Gasteiger partial charge in [-0.25, -0.2) is 8.42 Å². The fourth-order valence-electron chi connectivity index (χ4n) is 3.00. The van der Waals surface area contributed by atoms with E-state index in [0.29, 0.717) is 29.1 Å². The van der Waals surface area contributed by atoms with Gasteiger partial charge in [0.25, 0.3) is 10.0 Å². The van der Waals surface area contributed by atoms with E-state index < -0.39 is 15.6 Å². The van der Waals surface area contributed by atoms with Crippen LogP contribution < -0.4 is 4.31 Å². The van der Waals surface area contributed by atoms with Crippen LogP contribution in [0.2, 0.25) is 0 Å². The number of nitrogens with zero attached hydrogens (tertiary/aromatic N) is 2. The van der Waals surface area contributed by atoms with Crippen LogP contribution in [-0.2, 0) is 15.6 Å². The van der Waals surface area contributed by atoms with Crippen molar-refractivity contribution in [2.45, 2.75) is 37.7 Å². The zero-order chi connectivity index (χ0) is 16.1. The predicted molar refractivity (Wildman–Crippen MR) is 83.2 cm³/mol. The Kier molecular flexibility index (Phi) is 3.30. The molecule has 2 aromatic rings. The number of rotatable bonds is 2. The molecule has 0 bridgehead atoms. The monoisotopic (exact) mass is 321 g/mol. The van der Waals surface area contributed by atoms with E-state index in [-0.39, 0.29) is 11.4 Å². The van der Waals surface area contributed by atoms with Crippen LogP contribution in [0.1, 0.15) is 30.3 Å². The van der Waals surface area contributed by atoms with E-state index in [0.717, 1.165) is 0 Å². The molecule has 6 nitrogen and oxygen atoms in total. The minimum Gasteiger partial charge on any atom is -0.385 e. The van der Waals surface area contributed by atoms with Crippen LogP contribution in [0, 0.1) is 13.8 Å². The molecule has 1 atom stereocenters. The van der Waals surface area contributed by atoms with Crippen LogP contribution in [0.3, 0.4) is 0 Å². The lowest BCUT2D eigenvalue weighted by Gasteiger charge is -2.38. The number of aryl methyl sites for hydroxylation is 2. The number of benzene rings is 1. The summed E-state index contributed by atoms with van der Waals surface area (Å²) < 4.78 is 27.5. The fourth-order valence-corrected chi connectivity index (χ4v) is 4.82. The largest absolute Gasteiger partial charge is 0.385 e. The van der Waals surface area contributed by atoms with E-state index >= 15 is 0 Å². The second-order valence-corrected chi connectivity index (χ2v) is 7.68. The van der Waals surface area contributed by atoms with Gasteiger partial charge in [-0.3, -0.25) is 9.40 Å². The molecule has 0 fully saturated rings. The van der Waals surface area contributed by atoms with Crippen LogP contribution in [-0.4, -0.2) is 30.3 Å². The molecule has 0 amide bonds. The van der Waals surface area contributed by atoms with Crippen molar-refractivity contribution in [1.29, 1.82) is 0 Å². The van der Waals surface area contributed by atoms with Gasteiger partial charge in [0, 0.05) is 12.1 Å². The molecule has 1 aromatic carbocycles. The van der Waals surface area contributed by atoms with Gasteiger partial charge in [-0.15, -0.1) is 0 Å². The SMILES string of the molecule is Cc1n[nH]c(C)c1S(=O)(=O)N1CCC(C)(O)c2ccccc21. The Morgan fingerprint density at radius 1 is 1.32 bits per heavy atom. The summed E-state index contributed by atoms with van der Waals surface area (Å²) in [4.78, 5) is 0.212. The molecule has 0 radical (unpaired) electrons. The van der Waals surface area contributed by atoms with E-state index in [1.807, 2.05) is 0 Å². The lowest BCUT2D eigenvalue weighted by atomic mass is 9.88. The van der Waals surface area contributed by atoms with Crippen molar-refractivity contribution in [1.82, 2.24) is 10.2 Å². The van der Waals surface area contributed by atoms with Crippen molar-refractivity contribution in [3.8, 4) is 0 Å². The predicted octanol–water partition coefficient (Wildman–Crippen LogP) is 1.83. The Morgan fingerprint density at radius 2 is 2.00 bits per heavy atom. The molecule has 22 heavy (non-hydrogen) atoms. The van der Waals surface area contributed by atoms with Gasteiger partial charge in [0.15, 0.2) is 0 Å². The Morgan fingerprint density at radius 3 is 2.64 bits per heavy atom. The third kappa shape index (κ3) is 2.12. The number of fused-ring (bicyclic) bond motifs is 1. The van der Waals surface area contributed by atoms with Gasteiger partial charge in [0.1, 0.15) is 4.90 Å². The molecular formula is C15H19N3O3S. The minimum atomic E-state index is -3.72. The topological polar surface area (TPSA) is 86.3 Å². The maximum Gasteiger partial charge on any atom is 0.267 e. The lowest BCUT2D eigenvalue weighted by Crippen LogP contribution is -2.42. The average Bonchev–Trinajstić information content (AvgIpc) is 2.78. The highest BCUT2D eigenvalue weighted by Gasteiger charge is 2.39. The van der Waals surface area contributed by atoms with Crippen LogP contribution in [0.4, 0.5) is 5.69 Å². The number of aromatic amines is 1. The fraction of sp³-hybridized carbons (Fsp3) is 0.400. The molecule has 0 aliphatic carbocycles. The lowest BCUT2D eigenvalue weighted by molar-refractivity contribution is 0.0472. The third-order valence-corrected chi connectivity index (χ3v) is 6.24. The number of sulfonamides is 1. The van der Waals surface area contributed by atoms with Gasteiger partial charge >= 0.3 is 0 Å². The highest BCUT2D eigenvalue weighted by molar-refractivity contribution is 7.93. The van der Waals surface area contributed by atoms with Crippen molar-refractivity contribution in [2.24, 2.45) is 0 Å². The van der Waals surface area contributed by atoms with E-state index in [1.54, 1.807) is 45.0 Å². The second-order valence-electron chi connectivity index (χ2n) is 5.88. The summed E-state index contributed by atoms with van der Waals surface area (Å²) in [6.07, 6.45) is 0.346. The van der Waals surface area contributed by atoms with Gasteiger partial charge in [-0.2, -0.15) is 5.10 Å². The normalized spacial score (nSPS) is 21.7. The molecule has 7 heteroatoms. The number of hydrogen-bond acceptors (Lipinski definition) is 4. The summed E-state index contributed by atoms with van der Waals surface area (Å²) in [5, 5.41) is 17.2. The van der Waals surface area contributed by atoms with Crippen molar-refractivity contribution < 1.29 is 13.5 Å². The van der Waals surface area contributed by atoms with Crippen LogP contribution >= 0.6 is 0 Å². The zero-order valence-corrected chi connectivity index (χ0v) is 13.6. The van der Waals surface area contributed by atoms with Crippen molar-refractivity contribution >= 4 is 15.7 Å². The van der Waals surface area contributed by atoms with Gasteiger partial charge in [0.05, 0.1) is 22.7 Å². The maximum absolute atomic E-state index is 13.0. The molecule has 118 valence electrons. The van der Waals surface area contributed by atoms with Crippen molar-refractivity contribution in [2.75, 3.05) is 10.8 Å². The summed E-state index contributed by atoms with van der Waals surface area (Å²) in [5.74, 6) is 0. The number of anilines is 1. The van der Waals surface area contributed by atoms with E-state index in [4.69, 9.17) is 0 Å². The quantitative estimate of drug-likeness (QED) is 0.883. The minimum absolute atomic E-state index is 0.212. The first-order valence-electron chi connectivity index (χ1n) is 7.11. The number of aliphatic hydroxyl groups is 1. The summed E-state index contributed by atoms with van der Waals surface area (Å²) in [7, 11) is -3.72. The molecule has 0 spiro atoms. The van der Waals surface area contributed by atoms with Crippen LogP contribution in [0.5, 0.6) is 0 Å². The Labute approximate surface area is 129 Å². The third-order valence-electron chi connectivity index (χ3n) is 4.16. The van der Waals surface area contributed by atoms with Gasteiger partial charge in [0.2, 0.25) is 0 Å². The molecule has 3 rings (SSSR count). The van der Waals surface area contributed by atoms with Gasteiger partial charge < -0.3 is 5.11 Å². The molecule has 1 aromatic heterocycles. The smallest absolute Gasteiger partial charge is 0.267 e. The first-order chi connectivity index (χ1) is 10.2. The number of para-hydroxylation sites is 1. The summed E-state index contributed by atoms with van der Waals surface area (Å²) in [6.45, 7) is 5.31. The zero-order valence-electron chi connectivity index (χ0n) is 12.8. The van der Waals surface area contributed by atoms with Crippen molar-refractivity contribution in [3.63, 3.8) is 0 Å². The van der Waals surface area contributed by atoms with Crippen molar-refractivity contribution in [3.05, 3.63) is 41.2 Å². The molecule has 1 aliphatic heterocycles. The molecule has 2 N–H and O–H groups in total. The summed E-state index contributed by atoms with van der Waals surface area (Å²) in [6, 6.07) is 7.08. The highest BCUT2D eigenvalue weighted by atomic mass is 32.2. The molecule has 0 saturated heterocycles. The number of nitrogens with one attached hydrogen (secondary N) is 1. The Hall–Kier alpha value is -1.86. The van der Waals surface area contributed by atoms with Gasteiger partial charge in [-0.1, -0.05) is 18.2 Å². The first kappa shape index (κ1) is 15.1. The van der Waals surface area contributed by atoms with E-state index in [9.17, 15) is 13.5 Å². The molecule has 1 aliphatic rings. The molecule has 2 heterocycles. The number of H-pyrrole nitrogens is 1. The standard InChI is InChI=1S/C15H19N3O3S/c1-10-14(11(2)17-16-10)22(20,21)18-9-8-15(3,19)12-6-4-5-7-13(12)18/h4-7,19H,8-9H2,1-3H3,(H,16,17). The summed E-state index contributed by atoms with van der Waals surface area (Å²) >= 11 is 0. The number of hydrogen-bond donors (Lipinski definition) is 2. The summed E-state index contributed by atoms with van der Waals surface area (Å²) in [5.41, 5.74) is 1.10. The molecular weight excluding hydrogens is 302 g/mol. The molecule has 1 unspecified atom stereocenters. The highest BCUT2D eigenvalue weighted by Crippen LogP contribution is 2.40. The van der Waals surface area contributed by atoms with Crippen LogP contribution in [0.15, 0.2) is 29.2 Å². The first-order valence-corrected chi connectivity index (χ1v) is 8.55. The number of aromatic nitrogens is 2. The van der Waals surface area contributed by atoms with E-state index in [2.05, 4.69) is 10.2 Å². The Balaban J connectivity index is 2.18. The average molecular weight is 321 g/mol. The molecule has 0 saturated carbocycles. The van der Waals surface area contributed by atoms with Crippen LogP contribution in [0.25, 0.3) is 0 Å². The maximum atomic E-state index is 13.0.